The second-order valence-corrected chi connectivity index (χ2v) is 5.74. The maximum atomic E-state index is 9.24. The van der Waals surface area contributed by atoms with Crippen LogP contribution < -0.4 is 4.90 Å². The maximum Gasteiger partial charge on any atom is 0.146 e. The second kappa shape index (κ2) is 5.61. The molecule has 0 amide bonds. The van der Waals surface area contributed by atoms with Gasteiger partial charge in [-0.1, -0.05) is 6.07 Å². The lowest BCUT2D eigenvalue weighted by molar-refractivity contribution is 0.0418. The van der Waals surface area contributed by atoms with Gasteiger partial charge in [0.05, 0.1) is 18.7 Å². The average molecular weight is 285 g/mol. The molecule has 1 fully saturated rings. The molecular formula is C15H15N3OS. The zero-order valence-electron chi connectivity index (χ0n) is 11.2. The van der Waals surface area contributed by atoms with Gasteiger partial charge in [0.1, 0.15) is 18.0 Å². The summed E-state index contributed by atoms with van der Waals surface area (Å²) in [7, 11) is 0. The van der Waals surface area contributed by atoms with Crippen LogP contribution in [0.4, 0.5) is 5.82 Å². The van der Waals surface area contributed by atoms with Gasteiger partial charge in [-0.3, -0.25) is 0 Å². The fourth-order valence-corrected chi connectivity index (χ4v) is 3.13. The van der Waals surface area contributed by atoms with Gasteiger partial charge in [0.25, 0.3) is 0 Å². The fraction of sp³-hybridized carbons (Fsp3) is 0.333. The molecule has 0 aliphatic carbocycles. The van der Waals surface area contributed by atoms with E-state index in [0.29, 0.717) is 12.2 Å². The van der Waals surface area contributed by atoms with Crippen molar-refractivity contribution < 1.29 is 4.74 Å². The molecule has 4 nitrogen and oxygen atoms in total. The molecule has 3 heterocycles. The van der Waals surface area contributed by atoms with E-state index in [9.17, 15) is 5.26 Å². The first-order valence-corrected chi connectivity index (χ1v) is 7.43. The highest BCUT2D eigenvalue weighted by Gasteiger charge is 2.25. The van der Waals surface area contributed by atoms with Gasteiger partial charge in [0.15, 0.2) is 0 Å². The van der Waals surface area contributed by atoms with E-state index in [1.807, 2.05) is 25.1 Å². The van der Waals surface area contributed by atoms with Crippen molar-refractivity contribution in [1.82, 2.24) is 4.98 Å². The van der Waals surface area contributed by atoms with Crippen molar-refractivity contribution in [3.05, 3.63) is 45.8 Å². The van der Waals surface area contributed by atoms with Crippen LogP contribution in [0.25, 0.3) is 0 Å². The van der Waals surface area contributed by atoms with Gasteiger partial charge in [-0.2, -0.15) is 5.26 Å². The number of nitriles is 1. The number of morpholine rings is 1. The van der Waals surface area contributed by atoms with Crippen molar-refractivity contribution in [2.75, 3.05) is 24.6 Å². The van der Waals surface area contributed by atoms with E-state index in [1.165, 1.54) is 4.88 Å². The van der Waals surface area contributed by atoms with Crippen molar-refractivity contribution in [3.63, 3.8) is 0 Å². The van der Waals surface area contributed by atoms with Gasteiger partial charge in [0, 0.05) is 17.1 Å². The molecule has 0 bridgehead atoms. The fourth-order valence-electron chi connectivity index (χ4n) is 2.36. The summed E-state index contributed by atoms with van der Waals surface area (Å²) in [5, 5.41) is 11.3. The minimum Gasteiger partial charge on any atom is -0.369 e. The summed E-state index contributed by atoms with van der Waals surface area (Å²) in [6.07, 6.45) is 0.0672. The predicted octanol–water partition coefficient (Wildman–Crippen LogP) is 2.90. The molecule has 0 aromatic carbocycles. The van der Waals surface area contributed by atoms with Gasteiger partial charge in [-0.15, -0.1) is 11.3 Å². The Labute approximate surface area is 122 Å². The summed E-state index contributed by atoms with van der Waals surface area (Å²) in [6, 6.07) is 10.1. The Kier molecular flexibility index (Phi) is 3.68. The van der Waals surface area contributed by atoms with Crippen LogP contribution in [-0.2, 0) is 4.74 Å². The smallest absolute Gasteiger partial charge is 0.146 e. The molecule has 0 unspecified atom stereocenters. The van der Waals surface area contributed by atoms with Crippen LogP contribution in [0.3, 0.4) is 0 Å². The van der Waals surface area contributed by atoms with Crippen LogP contribution in [-0.4, -0.2) is 24.7 Å². The van der Waals surface area contributed by atoms with Crippen LogP contribution in [0.2, 0.25) is 0 Å². The Morgan fingerprint density at radius 1 is 1.45 bits per heavy atom. The number of rotatable bonds is 2. The first-order valence-electron chi connectivity index (χ1n) is 6.55. The molecule has 0 N–H and O–H groups in total. The highest BCUT2D eigenvalue weighted by atomic mass is 32.1. The third-order valence-electron chi connectivity index (χ3n) is 3.36. The highest BCUT2D eigenvalue weighted by molar-refractivity contribution is 7.10. The lowest BCUT2D eigenvalue weighted by Crippen LogP contribution is -2.39. The van der Waals surface area contributed by atoms with Crippen molar-refractivity contribution in [3.8, 4) is 6.07 Å². The normalized spacial score (nSPS) is 18.8. The van der Waals surface area contributed by atoms with Crippen LogP contribution in [0, 0.1) is 18.3 Å². The number of thiophene rings is 1. The van der Waals surface area contributed by atoms with E-state index >= 15 is 0 Å². The molecule has 5 heteroatoms. The Hall–Kier alpha value is -1.90. The van der Waals surface area contributed by atoms with Gasteiger partial charge < -0.3 is 9.64 Å². The average Bonchev–Trinajstić information content (AvgIpc) is 3.01. The van der Waals surface area contributed by atoms with Crippen LogP contribution in [0.1, 0.15) is 22.2 Å². The van der Waals surface area contributed by atoms with Gasteiger partial charge in [-0.25, -0.2) is 4.98 Å². The summed E-state index contributed by atoms with van der Waals surface area (Å²) in [6.45, 7) is 4.11. The lowest BCUT2D eigenvalue weighted by Gasteiger charge is -2.33. The van der Waals surface area contributed by atoms with Crippen molar-refractivity contribution >= 4 is 17.2 Å². The first kappa shape index (κ1) is 13.1. The van der Waals surface area contributed by atoms with Crippen molar-refractivity contribution in [2.24, 2.45) is 0 Å². The summed E-state index contributed by atoms with van der Waals surface area (Å²) < 4.78 is 5.84. The summed E-state index contributed by atoms with van der Waals surface area (Å²) >= 11 is 1.70. The highest BCUT2D eigenvalue weighted by Crippen LogP contribution is 2.29. The summed E-state index contributed by atoms with van der Waals surface area (Å²) in [4.78, 5) is 7.91. The van der Waals surface area contributed by atoms with Crippen LogP contribution in [0.15, 0.2) is 29.6 Å². The predicted molar refractivity (Wildman–Crippen MR) is 78.9 cm³/mol. The van der Waals surface area contributed by atoms with E-state index < -0.39 is 0 Å². The molecule has 1 aliphatic rings. The number of anilines is 1. The molecule has 3 rings (SSSR count). The second-order valence-electron chi connectivity index (χ2n) is 4.76. The van der Waals surface area contributed by atoms with E-state index in [0.717, 1.165) is 24.6 Å². The molecular weight excluding hydrogens is 270 g/mol. The Bertz CT molecular complexity index is 633. The lowest BCUT2D eigenvalue weighted by atomic mass is 10.2. The minimum atomic E-state index is 0.0672. The van der Waals surface area contributed by atoms with E-state index in [1.54, 1.807) is 11.3 Å². The topological polar surface area (TPSA) is 49.2 Å². The van der Waals surface area contributed by atoms with E-state index in [4.69, 9.17) is 4.74 Å². The zero-order chi connectivity index (χ0) is 13.9. The van der Waals surface area contributed by atoms with Gasteiger partial charge in [-0.05, 0) is 30.5 Å². The number of hydrogen-bond donors (Lipinski definition) is 0. The Balaban J connectivity index is 1.87. The summed E-state index contributed by atoms with van der Waals surface area (Å²) in [5.74, 6) is 0.775. The molecule has 20 heavy (non-hydrogen) atoms. The van der Waals surface area contributed by atoms with Gasteiger partial charge >= 0.3 is 0 Å². The van der Waals surface area contributed by atoms with Crippen molar-refractivity contribution in [2.45, 2.75) is 13.0 Å². The number of nitrogens with zero attached hydrogens (tertiary/aromatic N) is 3. The summed E-state index contributed by atoms with van der Waals surface area (Å²) in [5.41, 5.74) is 1.56. The molecule has 1 aliphatic heterocycles. The van der Waals surface area contributed by atoms with Crippen LogP contribution >= 0.6 is 11.3 Å². The molecule has 2 aromatic rings. The number of aromatic nitrogens is 1. The number of aryl methyl sites for hydroxylation is 1. The molecule has 0 saturated carbocycles. The molecule has 2 aromatic heterocycles. The SMILES string of the molecule is Cc1ccc(C#N)c(N2CCO[C@H](c3cccs3)C2)n1. The zero-order valence-corrected chi connectivity index (χ0v) is 12.1. The number of hydrogen-bond acceptors (Lipinski definition) is 5. The van der Waals surface area contributed by atoms with Crippen molar-refractivity contribution in [1.29, 1.82) is 5.26 Å². The third kappa shape index (κ3) is 2.53. The van der Waals surface area contributed by atoms with Crippen LogP contribution in [0.5, 0.6) is 0 Å². The number of pyridine rings is 1. The quantitative estimate of drug-likeness (QED) is 0.851. The van der Waals surface area contributed by atoms with E-state index in [2.05, 4.69) is 27.4 Å². The van der Waals surface area contributed by atoms with E-state index in [-0.39, 0.29) is 6.10 Å². The molecule has 102 valence electrons. The molecule has 1 saturated heterocycles. The first-order chi connectivity index (χ1) is 9.78. The Morgan fingerprint density at radius 2 is 2.35 bits per heavy atom. The molecule has 0 spiro atoms. The molecule has 1 atom stereocenters. The largest absolute Gasteiger partial charge is 0.369 e. The standard InChI is InChI=1S/C15H15N3OS/c1-11-4-5-12(9-16)15(17-11)18-6-7-19-13(10-18)14-3-2-8-20-14/h2-5,8,13H,6-7,10H2,1H3/t13-/m0/s1. The molecule has 0 radical (unpaired) electrons. The monoisotopic (exact) mass is 285 g/mol. The Morgan fingerprint density at radius 3 is 3.10 bits per heavy atom. The minimum absolute atomic E-state index is 0.0672. The number of ether oxygens (including phenoxy) is 1. The maximum absolute atomic E-state index is 9.24. The van der Waals surface area contributed by atoms with Gasteiger partial charge in [0.2, 0.25) is 0 Å². The third-order valence-corrected chi connectivity index (χ3v) is 4.33.